The van der Waals surface area contributed by atoms with Gasteiger partial charge >= 0.3 is 0 Å². The molecule has 1 heterocycles. The first-order chi connectivity index (χ1) is 8.49. The van der Waals surface area contributed by atoms with Crippen molar-refractivity contribution in [3.8, 4) is 0 Å². The van der Waals surface area contributed by atoms with Crippen molar-refractivity contribution >= 4 is 39.1 Å². The first-order valence-electron chi connectivity index (χ1n) is 5.28. The standard InChI is InChI=1S/C13H10BrCl2NO/c1-8-5-10(14)7-17(13(8)18)6-9-3-2-4-11(15)12(9)16/h2-5,7H,6H2,1H3. The van der Waals surface area contributed by atoms with E-state index in [0.717, 1.165) is 10.0 Å². The molecule has 0 atom stereocenters. The first-order valence-corrected chi connectivity index (χ1v) is 6.83. The summed E-state index contributed by atoms with van der Waals surface area (Å²) in [6, 6.07) is 7.19. The highest BCUT2D eigenvalue weighted by Gasteiger charge is 2.07. The highest BCUT2D eigenvalue weighted by atomic mass is 79.9. The van der Waals surface area contributed by atoms with Gasteiger partial charge in [-0.1, -0.05) is 35.3 Å². The van der Waals surface area contributed by atoms with Gasteiger partial charge in [0, 0.05) is 16.2 Å². The van der Waals surface area contributed by atoms with E-state index in [9.17, 15) is 4.79 Å². The van der Waals surface area contributed by atoms with Gasteiger partial charge in [-0.05, 0) is 40.5 Å². The predicted octanol–water partition coefficient (Wildman–Crippen LogP) is 4.27. The third-order valence-electron chi connectivity index (χ3n) is 2.60. The number of nitrogens with zero attached hydrogens (tertiary/aromatic N) is 1. The largest absolute Gasteiger partial charge is 0.310 e. The van der Waals surface area contributed by atoms with Crippen LogP contribution in [0.25, 0.3) is 0 Å². The fourth-order valence-corrected chi connectivity index (χ4v) is 2.68. The van der Waals surface area contributed by atoms with Crippen LogP contribution in [0.5, 0.6) is 0 Å². The second kappa shape index (κ2) is 5.47. The number of aromatic nitrogens is 1. The van der Waals surface area contributed by atoms with E-state index >= 15 is 0 Å². The minimum Gasteiger partial charge on any atom is -0.310 e. The maximum absolute atomic E-state index is 12.0. The summed E-state index contributed by atoms with van der Waals surface area (Å²) in [5.74, 6) is 0. The van der Waals surface area contributed by atoms with Gasteiger partial charge < -0.3 is 4.57 Å². The van der Waals surface area contributed by atoms with Crippen LogP contribution in [0.2, 0.25) is 10.0 Å². The van der Waals surface area contributed by atoms with E-state index in [1.54, 1.807) is 29.8 Å². The lowest BCUT2D eigenvalue weighted by Crippen LogP contribution is -2.22. The van der Waals surface area contributed by atoms with Crippen molar-refractivity contribution in [2.24, 2.45) is 0 Å². The van der Waals surface area contributed by atoms with E-state index in [-0.39, 0.29) is 5.56 Å². The Hall–Kier alpha value is -0.770. The summed E-state index contributed by atoms with van der Waals surface area (Å²) < 4.78 is 2.47. The number of aryl methyl sites for hydroxylation is 1. The maximum Gasteiger partial charge on any atom is 0.253 e. The molecule has 0 radical (unpaired) electrons. The van der Waals surface area contributed by atoms with Gasteiger partial charge in [-0.25, -0.2) is 0 Å². The van der Waals surface area contributed by atoms with Crippen molar-refractivity contribution in [3.05, 3.63) is 66.5 Å². The lowest BCUT2D eigenvalue weighted by atomic mass is 10.2. The molecule has 2 aromatic rings. The zero-order valence-electron chi connectivity index (χ0n) is 9.58. The Bertz CT molecular complexity index is 652. The smallest absolute Gasteiger partial charge is 0.253 e. The number of rotatable bonds is 2. The molecule has 0 spiro atoms. The van der Waals surface area contributed by atoms with Crippen LogP contribution >= 0.6 is 39.1 Å². The molecule has 18 heavy (non-hydrogen) atoms. The molecule has 0 aliphatic heterocycles. The SMILES string of the molecule is Cc1cc(Br)cn(Cc2cccc(Cl)c2Cl)c1=O. The Kier molecular flexibility index (Phi) is 4.15. The van der Waals surface area contributed by atoms with Crippen LogP contribution in [0.1, 0.15) is 11.1 Å². The van der Waals surface area contributed by atoms with Crippen molar-refractivity contribution in [1.29, 1.82) is 0 Å². The van der Waals surface area contributed by atoms with Crippen LogP contribution in [0.4, 0.5) is 0 Å². The summed E-state index contributed by atoms with van der Waals surface area (Å²) in [5, 5.41) is 0.984. The van der Waals surface area contributed by atoms with Gasteiger partial charge in [-0.3, -0.25) is 4.79 Å². The molecule has 0 saturated carbocycles. The third kappa shape index (κ3) is 2.79. The average molecular weight is 347 g/mol. The van der Waals surface area contributed by atoms with Gasteiger partial charge in [0.2, 0.25) is 0 Å². The van der Waals surface area contributed by atoms with Crippen molar-refractivity contribution in [2.75, 3.05) is 0 Å². The molecule has 0 fully saturated rings. The van der Waals surface area contributed by atoms with Crippen LogP contribution in [-0.2, 0) is 6.54 Å². The molecule has 1 aromatic heterocycles. The van der Waals surface area contributed by atoms with Crippen LogP contribution < -0.4 is 5.56 Å². The summed E-state index contributed by atoms with van der Waals surface area (Å²) in [5.41, 5.74) is 1.47. The second-order valence-electron chi connectivity index (χ2n) is 3.99. The zero-order chi connectivity index (χ0) is 13.3. The van der Waals surface area contributed by atoms with E-state index in [1.807, 2.05) is 12.1 Å². The summed E-state index contributed by atoms with van der Waals surface area (Å²) in [6.45, 7) is 2.18. The van der Waals surface area contributed by atoms with Crippen molar-refractivity contribution < 1.29 is 0 Å². The molecular weight excluding hydrogens is 337 g/mol. The minimum atomic E-state index is -0.0331. The first kappa shape index (κ1) is 13.7. The molecule has 1 aromatic carbocycles. The molecule has 0 saturated heterocycles. The molecule has 2 rings (SSSR count). The van der Waals surface area contributed by atoms with Crippen LogP contribution in [0.15, 0.2) is 39.7 Å². The molecule has 0 bridgehead atoms. The molecule has 0 N–H and O–H groups in total. The van der Waals surface area contributed by atoms with Crippen molar-refractivity contribution in [2.45, 2.75) is 13.5 Å². The topological polar surface area (TPSA) is 22.0 Å². The van der Waals surface area contributed by atoms with Gasteiger partial charge in [0.15, 0.2) is 0 Å². The summed E-state index contributed by atoms with van der Waals surface area (Å²) in [4.78, 5) is 12.0. The fraction of sp³-hybridized carbons (Fsp3) is 0.154. The Morgan fingerprint density at radius 2 is 2.06 bits per heavy atom. The molecular formula is C13H10BrCl2NO. The Morgan fingerprint density at radius 3 is 2.78 bits per heavy atom. The molecule has 2 nitrogen and oxygen atoms in total. The lowest BCUT2D eigenvalue weighted by Gasteiger charge is -2.10. The normalized spacial score (nSPS) is 10.7. The van der Waals surface area contributed by atoms with Gasteiger partial charge in [0.25, 0.3) is 5.56 Å². The van der Waals surface area contributed by atoms with E-state index < -0.39 is 0 Å². The third-order valence-corrected chi connectivity index (χ3v) is 3.90. The molecule has 0 aliphatic rings. The number of hydrogen-bond donors (Lipinski definition) is 0. The van der Waals surface area contributed by atoms with Crippen LogP contribution in [0.3, 0.4) is 0 Å². The number of halogens is 3. The van der Waals surface area contributed by atoms with Crippen molar-refractivity contribution in [3.63, 3.8) is 0 Å². The number of hydrogen-bond acceptors (Lipinski definition) is 1. The molecule has 0 unspecified atom stereocenters. The van der Waals surface area contributed by atoms with E-state index in [0.29, 0.717) is 22.2 Å². The molecule has 94 valence electrons. The zero-order valence-corrected chi connectivity index (χ0v) is 12.7. The van der Waals surface area contributed by atoms with Crippen LogP contribution in [-0.4, -0.2) is 4.57 Å². The van der Waals surface area contributed by atoms with Crippen molar-refractivity contribution in [1.82, 2.24) is 4.57 Å². The maximum atomic E-state index is 12.0. The van der Waals surface area contributed by atoms with Gasteiger partial charge in [0.1, 0.15) is 0 Å². The Balaban J connectivity index is 2.46. The molecule has 5 heteroatoms. The van der Waals surface area contributed by atoms with Gasteiger partial charge in [-0.15, -0.1) is 0 Å². The van der Waals surface area contributed by atoms with E-state index in [1.165, 1.54) is 0 Å². The van der Waals surface area contributed by atoms with E-state index in [2.05, 4.69) is 15.9 Å². The summed E-state index contributed by atoms with van der Waals surface area (Å²) in [6.07, 6.45) is 1.74. The Labute approximate surface area is 123 Å². The molecule has 0 amide bonds. The summed E-state index contributed by atoms with van der Waals surface area (Å²) in [7, 11) is 0. The monoisotopic (exact) mass is 345 g/mol. The fourth-order valence-electron chi connectivity index (χ4n) is 1.71. The number of pyridine rings is 1. The second-order valence-corrected chi connectivity index (χ2v) is 5.69. The highest BCUT2D eigenvalue weighted by Crippen LogP contribution is 2.26. The summed E-state index contributed by atoms with van der Waals surface area (Å²) >= 11 is 15.4. The minimum absolute atomic E-state index is 0.0331. The van der Waals surface area contributed by atoms with Gasteiger partial charge in [0.05, 0.1) is 16.6 Å². The highest BCUT2D eigenvalue weighted by molar-refractivity contribution is 9.10. The quantitative estimate of drug-likeness (QED) is 0.795. The Morgan fingerprint density at radius 1 is 1.33 bits per heavy atom. The van der Waals surface area contributed by atoms with E-state index in [4.69, 9.17) is 23.2 Å². The number of benzene rings is 1. The molecule has 0 aliphatic carbocycles. The average Bonchev–Trinajstić information content (AvgIpc) is 2.31. The predicted molar refractivity (Wildman–Crippen MR) is 78.7 cm³/mol. The van der Waals surface area contributed by atoms with Gasteiger partial charge in [-0.2, -0.15) is 0 Å². The van der Waals surface area contributed by atoms with Crippen LogP contribution in [0, 0.1) is 6.92 Å². The lowest BCUT2D eigenvalue weighted by molar-refractivity contribution is 0.749.